The Labute approximate surface area is 176 Å². The first-order chi connectivity index (χ1) is 14.5. The summed E-state index contributed by atoms with van der Waals surface area (Å²) in [6.07, 6.45) is -1.37. The number of nitrogens with one attached hydrogen (secondary N) is 1. The highest BCUT2D eigenvalue weighted by Gasteiger charge is 2.38. The van der Waals surface area contributed by atoms with E-state index in [4.69, 9.17) is 5.73 Å². The van der Waals surface area contributed by atoms with Gasteiger partial charge in [-0.2, -0.15) is 0 Å². The summed E-state index contributed by atoms with van der Waals surface area (Å²) < 4.78 is 0. The van der Waals surface area contributed by atoms with E-state index in [-0.39, 0.29) is 6.54 Å². The number of amides is 1. The molecule has 1 aliphatic rings. The summed E-state index contributed by atoms with van der Waals surface area (Å²) in [5.74, 6) is -0.533. The summed E-state index contributed by atoms with van der Waals surface area (Å²) in [5, 5.41) is 23.9. The van der Waals surface area contributed by atoms with E-state index >= 15 is 0 Å². The number of carbonyl (C=O) groups is 1. The maximum atomic E-state index is 12.6. The zero-order valence-electron chi connectivity index (χ0n) is 16.9. The first-order valence-electron chi connectivity index (χ1n) is 10.1. The van der Waals surface area contributed by atoms with Gasteiger partial charge in [0.2, 0.25) is 5.91 Å². The van der Waals surface area contributed by atoms with E-state index in [1.807, 2.05) is 73.7 Å². The molecule has 3 unspecified atom stereocenters. The highest BCUT2D eigenvalue weighted by Crippen LogP contribution is 2.38. The molecule has 1 heterocycles. The third-order valence-corrected chi connectivity index (χ3v) is 5.88. The molecule has 0 aromatic heterocycles. The Morgan fingerprint density at radius 3 is 2.27 bits per heavy atom. The smallest absolute Gasteiger partial charge is 0.249 e. The lowest BCUT2D eigenvalue weighted by Gasteiger charge is -2.25. The van der Waals surface area contributed by atoms with Gasteiger partial charge >= 0.3 is 0 Å². The molecule has 4 rings (SSSR count). The van der Waals surface area contributed by atoms with Crippen molar-refractivity contribution >= 4 is 5.91 Å². The van der Waals surface area contributed by atoms with Gasteiger partial charge < -0.3 is 21.3 Å². The standard InChI is InChI=1S/C25H26N2O3/c1-15-19(17-10-6-3-7-11-17)13-18(12-16-8-4-2-5-9-16)22(25(26)30)21(15)23-24(29)20(28)14-27-23/h2-11,13,20,23-24,27-29H,12,14H2,1H3,(H2,26,30). The number of aliphatic hydroxyl groups is 2. The Balaban J connectivity index is 1.96. The van der Waals surface area contributed by atoms with Crippen LogP contribution in [0, 0.1) is 6.92 Å². The van der Waals surface area contributed by atoms with Gasteiger partial charge in [-0.1, -0.05) is 60.7 Å². The van der Waals surface area contributed by atoms with Gasteiger partial charge in [-0.3, -0.25) is 4.79 Å². The van der Waals surface area contributed by atoms with Crippen LogP contribution >= 0.6 is 0 Å². The number of hydrogen-bond donors (Lipinski definition) is 4. The van der Waals surface area contributed by atoms with Crippen LogP contribution in [0.3, 0.4) is 0 Å². The molecule has 0 bridgehead atoms. The number of β-amino-alcohol motifs (C(OH)–C–C–N with tert-alkyl or cyclic N) is 1. The molecular weight excluding hydrogens is 376 g/mol. The molecule has 154 valence electrons. The van der Waals surface area contributed by atoms with Gasteiger partial charge in [0.15, 0.2) is 0 Å². The molecule has 0 spiro atoms. The summed E-state index contributed by atoms with van der Waals surface area (Å²) in [5.41, 5.74) is 11.7. The van der Waals surface area contributed by atoms with Gasteiger partial charge in [-0.25, -0.2) is 0 Å². The molecule has 0 radical (unpaired) electrons. The van der Waals surface area contributed by atoms with Crippen molar-refractivity contribution in [1.29, 1.82) is 0 Å². The Morgan fingerprint density at radius 1 is 1.07 bits per heavy atom. The molecule has 0 aliphatic carbocycles. The summed E-state index contributed by atoms with van der Waals surface area (Å²) >= 11 is 0. The number of hydrogen-bond acceptors (Lipinski definition) is 4. The zero-order chi connectivity index (χ0) is 21.3. The second kappa shape index (κ2) is 8.40. The lowest BCUT2D eigenvalue weighted by molar-refractivity contribution is 0.0402. The third kappa shape index (κ3) is 3.75. The highest BCUT2D eigenvalue weighted by molar-refractivity contribution is 5.98. The summed E-state index contributed by atoms with van der Waals surface area (Å²) in [6.45, 7) is 2.20. The summed E-state index contributed by atoms with van der Waals surface area (Å²) in [6, 6.07) is 21.3. The van der Waals surface area contributed by atoms with Gasteiger partial charge in [0.05, 0.1) is 12.1 Å². The van der Waals surface area contributed by atoms with Crippen molar-refractivity contribution in [3.8, 4) is 11.1 Å². The van der Waals surface area contributed by atoms with Crippen molar-refractivity contribution < 1.29 is 15.0 Å². The van der Waals surface area contributed by atoms with Gasteiger partial charge in [-0.15, -0.1) is 0 Å². The topological polar surface area (TPSA) is 95.6 Å². The second-order valence-corrected chi connectivity index (χ2v) is 7.83. The quantitative estimate of drug-likeness (QED) is 0.528. The predicted octanol–water partition coefficient (Wildman–Crippen LogP) is 2.72. The first kappa shape index (κ1) is 20.3. The van der Waals surface area contributed by atoms with E-state index in [1.165, 1.54) is 0 Å². The minimum Gasteiger partial charge on any atom is -0.389 e. The number of benzene rings is 3. The Morgan fingerprint density at radius 2 is 1.70 bits per heavy atom. The second-order valence-electron chi connectivity index (χ2n) is 7.83. The molecular formula is C25H26N2O3. The van der Waals surface area contributed by atoms with Gasteiger partial charge in [0.1, 0.15) is 6.10 Å². The molecule has 3 aromatic carbocycles. The molecule has 1 amide bonds. The van der Waals surface area contributed by atoms with Crippen LogP contribution in [0.4, 0.5) is 0 Å². The number of rotatable bonds is 5. The highest BCUT2D eigenvalue weighted by atomic mass is 16.3. The van der Waals surface area contributed by atoms with Gasteiger partial charge in [0.25, 0.3) is 0 Å². The van der Waals surface area contributed by atoms with Gasteiger partial charge in [-0.05, 0) is 52.8 Å². The van der Waals surface area contributed by atoms with Crippen LogP contribution < -0.4 is 11.1 Å². The average molecular weight is 402 g/mol. The van der Waals surface area contributed by atoms with Crippen LogP contribution in [0.5, 0.6) is 0 Å². The van der Waals surface area contributed by atoms with E-state index in [0.29, 0.717) is 17.5 Å². The summed E-state index contributed by atoms with van der Waals surface area (Å²) in [4.78, 5) is 12.6. The molecule has 0 saturated carbocycles. The molecule has 5 nitrogen and oxygen atoms in total. The number of nitrogens with two attached hydrogens (primary N) is 1. The van der Waals surface area contributed by atoms with Gasteiger partial charge in [0, 0.05) is 12.1 Å². The van der Waals surface area contributed by atoms with Crippen molar-refractivity contribution in [2.45, 2.75) is 31.6 Å². The molecule has 1 aliphatic heterocycles. The maximum absolute atomic E-state index is 12.6. The largest absolute Gasteiger partial charge is 0.389 e. The Hall–Kier alpha value is -2.99. The lowest BCUT2D eigenvalue weighted by atomic mass is 9.82. The normalized spacial score (nSPS) is 21.0. The molecule has 1 fully saturated rings. The van der Waals surface area contributed by atoms with E-state index < -0.39 is 24.2 Å². The maximum Gasteiger partial charge on any atom is 0.249 e. The van der Waals surface area contributed by atoms with Crippen molar-refractivity contribution in [2.24, 2.45) is 5.73 Å². The zero-order valence-corrected chi connectivity index (χ0v) is 16.9. The molecule has 3 atom stereocenters. The minimum atomic E-state index is -1.02. The minimum absolute atomic E-state index is 0.257. The fourth-order valence-corrected chi connectivity index (χ4v) is 4.40. The van der Waals surface area contributed by atoms with E-state index in [2.05, 4.69) is 5.32 Å². The van der Waals surface area contributed by atoms with Crippen LogP contribution in [0.1, 0.15) is 38.7 Å². The Kier molecular flexibility index (Phi) is 5.68. The van der Waals surface area contributed by atoms with Crippen molar-refractivity contribution in [3.05, 3.63) is 94.5 Å². The average Bonchev–Trinajstić information content (AvgIpc) is 3.08. The van der Waals surface area contributed by atoms with Crippen LogP contribution in [0.25, 0.3) is 11.1 Å². The van der Waals surface area contributed by atoms with Crippen LogP contribution in [0.15, 0.2) is 66.7 Å². The van der Waals surface area contributed by atoms with Crippen LogP contribution in [-0.4, -0.2) is 34.9 Å². The van der Waals surface area contributed by atoms with Crippen LogP contribution in [-0.2, 0) is 6.42 Å². The molecule has 30 heavy (non-hydrogen) atoms. The SMILES string of the molecule is Cc1c(-c2ccccc2)cc(Cc2ccccc2)c(C(N)=O)c1C1NCC(O)C1O. The van der Waals surface area contributed by atoms with Crippen LogP contribution in [0.2, 0.25) is 0 Å². The van der Waals surface area contributed by atoms with E-state index in [1.54, 1.807) is 0 Å². The van der Waals surface area contributed by atoms with E-state index in [9.17, 15) is 15.0 Å². The summed E-state index contributed by atoms with van der Waals surface area (Å²) in [7, 11) is 0. The molecule has 5 heteroatoms. The molecule has 5 N–H and O–H groups in total. The van der Waals surface area contributed by atoms with Crippen molar-refractivity contribution in [3.63, 3.8) is 0 Å². The van der Waals surface area contributed by atoms with Crippen molar-refractivity contribution in [2.75, 3.05) is 6.54 Å². The number of carbonyl (C=O) groups excluding carboxylic acids is 1. The van der Waals surface area contributed by atoms with E-state index in [0.717, 1.165) is 27.8 Å². The van der Waals surface area contributed by atoms with Crippen molar-refractivity contribution in [1.82, 2.24) is 5.32 Å². The number of primary amides is 1. The third-order valence-electron chi connectivity index (χ3n) is 5.88. The number of aliphatic hydroxyl groups excluding tert-OH is 2. The molecule has 1 saturated heterocycles. The monoisotopic (exact) mass is 402 g/mol. The predicted molar refractivity (Wildman–Crippen MR) is 117 cm³/mol. The first-order valence-corrected chi connectivity index (χ1v) is 10.1. The fraction of sp³-hybridized carbons (Fsp3) is 0.240. The molecule has 3 aromatic rings. The fourth-order valence-electron chi connectivity index (χ4n) is 4.40. The lowest BCUT2D eigenvalue weighted by Crippen LogP contribution is -2.30. The Bertz CT molecular complexity index is 1050.